The zero-order valence-corrected chi connectivity index (χ0v) is 12.5. The van der Waals surface area contributed by atoms with Crippen molar-refractivity contribution in [1.82, 2.24) is 0 Å². The van der Waals surface area contributed by atoms with Gasteiger partial charge in [-0.25, -0.2) is 0 Å². The Hall–Kier alpha value is -1.20. The molecule has 0 amide bonds. The van der Waals surface area contributed by atoms with Crippen LogP contribution in [0, 0.1) is 0 Å². The number of hydrogen-bond donors (Lipinski definition) is 0. The highest BCUT2D eigenvalue weighted by molar-refractivity contribution is 6.62. The van der Waals surface area contributed by atoms with E-state index in [1.807, 2.05) is 0 Å². The minimum absolute atomic E-state index is 0.189. The van der Waals surface area contributed by atoms with Crippen LogP contribution in [0.5, 0.6) is 0 Å². The first-order valence-electron chi connectivity index (χ1n) is 6.41. The van der Waals surface area contributed by atoms with Gasteiger partial charge in [-0.05, 0) is 28.3 Å². The van der Waals surface area contributed by atoms with E-state index in [4.69, 9.17) is 13.3 Å². The van der Waals surface area contributed by atoms with Crippen LogP contribution in [-0.2, 0) is 19.7 Å². The molecule has 3 rings (SSSR count). The van der Waals surface area contributed by atoms with E-state index in [0.29, 0.717) is 0 Å². The Labute approximate surface area is 114 Å². The monoisotopic (exact) mass is 274 g/mol. The van der Waals surface area contributed by atoms with Gasteiger partial charge in [0.15, 0.2) is 0 Å². The Balaban J connectivity index is 2.18. The van der Waals surface area contributed by atoms with Crippen LogP contribution in [-0.4, -0.2) is 30.1 Å². The molecule has 0 heterocycles. The summed E-state index contributed by atoms with van der Waals surface area (Å²) in [5, 5.41) is 2.63. The summed E-state index contributed by atoms with van der Waals surface area (Å²) in [6, 6.07) is 12.9. The quantitative estimate of drug-likeness (QED) is 0.802. The molecule has 1 atom stereocenters. The maximum absolute atomic E-state index is 5.68. The lowest BCUT2D eigenvalue weighted by Gasteiger charge is -2.30. The number of hydrogen-bond acceptors (Lipinski definition) is 3. The van der Waals surface area contributed by atoms with Crippen LogP contribution >= 0.6 is 0 Å². The molecule has 19 heavy (non-hydrogen) atoms. The lowest BCUT2D eigenvalue weighted by molar-refractivity contribution is 0.113. The highest BCUT2D eigenvalue weighted by Crippen LogP contribution is 2.43. The van der Waals surface area contributed by atoms with Crippen LogP contribution in [0.1, 0.15) is 16.7 Å². The van der Waals surface area contributed by atoms with Crippen molar-refractivity contribution in [2.24, 2.45) is 0 Å². The summed E-state index contributed by atoms with van der Waals surface area (Å²) in [6.45, 7) is 0. The largest absolute Gasteiger partial charge is 0.508 e. The summed E-state index contributed by atoms with van der Waals surface area (Å²) in [5.74, 6) is 0. The number of benzene rings is 2. The van der Waals surface area contributed by atoms with Crippen molar-refractivity contribution in [1.29, 1.82) is 0 Å². The molecule has 0 saturated heterocycles. The highest BCUT2D eigenvalue weighted by atomic mass is 28.4. The fourth-order valence-corrected chi connectivity index (χ4v) is 5.68. The SMILES string of the molecule is CO[Si](OC)(OC)C1Cc2cccc3cccc1c23. The van der Waals surface area contributed by atoms with Crippen molar-refractivity contribution in [2.75, 3.05) is 21.3 Å². The summed E-state index contributed by atoms with van der Waals surface area (Å²) in [5.41, 5.74) is 2.85. The molecule has 0 aromatic heterocycles. The first-order chi connectivity index (χ1) is 9.25. The van der Waals surface area contributed by atoms with E-state index >= 15 is 0 Å². The number of rotatable bonds is 4. The van der Waals surface area contributed by atoms with Crippen LogP contribution in [0.2, 0.25) is 0 Å². The molecular weight excluding hydrogens is 256 g/mol. The van der Waals surface area contributed by atoms with Crippen LogP contribution in [0.25, 0.3) is 10.8 Å². The third kappa shape index (κ3) is 1.75. The second-order valence-corrected chi connectivity index (χ2v) is 7.96. The second kappa shape index (κ2) is 4.72. The van der Waals surface area contributed by atoms with Gasteiger partial charge < -0.3 is 13.3 Å². The van der Waals surface area contributed by atoms with Gasteiger partial charge in [-0.1, -0.05) is 36.4 Å². The summed E-state index contributed by atoms with van der Waals surface area (Å²) >= 11 is 0. The molecule has 0 saturated carbocycles. The van der Waals surface area contributed by atoms with Crippen molar-refractivity contribution in [3.8, 4) is 0 Å². The predicted molar refractivity (Wildman–Crippen MR) is 77.2 cm³/mol. The summed E-state index contributed by atoms with van der Waals surface area (Å²) in [7, 11) is 2.39. The molecule has 0 fully saturated rings. The zero-order valence-electron chi connectivity index (χ0n) is 11.5. The normalized spacial score (nSPS) is 18.2. The minimum atomic E-state index is -2.66. The van der Waals surface area contributed by atoms with Gasteiger partial charge in [-0.2, -0.15) is 0 Å². The van der Waals surface area contributed by atoms with Crippen molar-refractivity contribution >= 4 is 19.6 Å². The van der Waals surface area contributed by atoms with Crippen molar-refractivity contribution in [3.63, 3.8) is 0 Å². The molecule has 2 aromatic carbocycles. The molecule has 0 bridgehead atoms. The topological polar surface area (TPSA) is 27.7 Å². The maximum Gasteiger partial charge on any atom is 0.508 e. The molecule has 3 nitrogen and oxygen atoms in total. The summed E-state index contributed by atoms with van der Waals surface area (Å²) < 4.78 is 17.0. The molecular formula is C15H18O3Si. The second-order valence-electron chi connectivity index (χ2n) is 4.84. The smallest absolute Gasteiger partial charge is 0.376 e. The Bertz CT molecular complexity index is 594. The zero-order chi connectivity index (χ0) is 13.5. The van der Waals surface area contributed by atoms with Gasteiger partial charge in [0.05, 0.1) is 5.54 Å². The third-order valence-corrected chi connectivity index (χ3v) is 7.18. The van der Waals surface area contributed by atoms with Gasteiger partial charge in [0.25, 0.3) is 0 Å². The van der Waals surface area contributed by atoms with E-state index in [1.54, 1.807) is 21.3 Å². The van der Waals surface area contributed by atoms with Crippen LogP contribution in [0.3, 0.4) is 0 Å². The molecule has 1 unspecified atom stereocenters. The molecule has 0 N–H and O–H groups in total. The van der Waals surface area contributed by atoms with Crippen molar-refractivity contribution < 1.29 is 13.3 Å². The Kier molecular flexibility index (Phi) is 3.18. The highest BCUT2D eigenvalue weighted by Gasteiger charge is 2.50. The van der Waals surface area contributed by atoms with Gasteiger partial charge in [0.1, 0.15) is 0 Å². The molecule has 4 heteroatoms. The van der Waals surface area contributed by atoms with Crippen LogP contribution in [0.4, 0.5) is 0 Å². The van der Waals surface area contributed by atoms with E-state index < -0.39 is 8.80 Å². The molecule has 0 aliphatic heterocycles. The molecule has 0 radical (unpaired) electrons. The van der Waals surface area contributed by atoms with E-state index in [1.165, 1.54) is 21.9 Å². The first-order valence-corrected chi connectivity index (χ1v) is 8.22. The summed E-state index contributed by atoms with van der Waals surface area (Å²) in [4.78, 5) is 0. The van der Waals surface area contributed by atoms with Gasteiger partial charge in [0, 0.05) is 21.3 Å². The Morgan fingerprint density at radius 3 is 2.21 bits per heavy atom. The van der Waals surface area contributed by atoms with Gasteiger partial charge in [-0.3, -0.25) is 0 Å². The maximum atomic E-state index is 5.68. The third-order valence-electron chi connectivity index (χ3n) is 4.10. The van der Waals surface area contributed by atoms with Crippen LogP contribution in [0.15, 0.2) is 36.4 Å². The van der Waals surface area contributed by atoms with Gasteiger partial charge in [-0.15, -0.1) is 0 Å². The Morgan fingerprint density at radius 2 is 1.58 bits per heavy atom. The van der Waals surface area contributed by atoms with Gasteiger partial charge >= 0.3 is 8.80 Å². The van der Waals surface area contributed by atoms with Crippen molar-refractivity contribution in [3.05, 3.63) is 47.5 Å². The summed E-state index contributed by atoms with van der Waals surface area (Å²) in [6.07, 6.45) is 0.929. The van der Waals surface area contributed by atoms with E-state index in [9.17, 15) is 0 Å². The molecule has 2 aromatic rings. The predicted octanol–water partition coefficient (Wildman–Crippen LogP) is 2.90. The fourth-order valence-electron chi connectivity index (χ4n) is 3.23. The molecule has 0 spiro atoms. The van der Waals surface area contributed by atoms with Gasteiger partial charge in [0.2, 0.25) is 0 Å². The van der Waals surface area contributed by atoms with Crippen molar-refractivity contribution in [2.45, 2.75) is 12.0 Å². The Morgan fingerprint density at radius 1 is 0.947 bits per heavy atom. The fraction of sp³-hybridized carbons (Fsp3) is 0.333. The molecule has 100 valence electrons. The molecule has 1 aliphatic rings. The lowest BCUT2D eigenvalue weighted by atomic mass is 10.1. The van der Waals surface area contributed by atoms with Crippen LogP contribution < -0.4 is 0 Å². The molecule has 1 aliphatic carbocycles. The standard InChI is InChI=1S/C15H18O3Si/c1-16-19(17-2,18-3)14-10-12-8-4-6-11-7-5-9-13(14)15(11)12/h4-9,14H,10H2,1-3H3. The van der Waals surface area contributed by atoms with E-state index in [2.05, 4.69) is 36.4 Å². The van der Waals surface area contributed by atoms with E-state index in [0.717, 1.165) is 6.42 Å². The van der Waals surface area contributed by atoms with E-state index in [-0.39, 0.29) is 5.54 Å². The first kappa shape index (κ1) is 12.8. The average molecular weight is 274 g/mol. The minimum Gasteiger partial charge on any atom is -0.376 e. The lowest BCUT2D eigenvalue weighted by Crippen LogP contribution is -2.49. The average Bonchev–Trinajstić information content (AvgIpc) is 2.84.